The molecule has 1 atom stereocenters. The highest BCUT2D eigenvalue weighted by Gasteiger charge is 2.36. The third kappa shape index (κ3) is 5.16. The minimum Gasteiger partial charge on any atom is -0.286 e. The van der Waals surface area contributed by atoms with Gasteiger partial charge in [-0.2, -0.15) is 25.9 Å². The van der Waals surface area contributed by atoms with Gasteiger partial charge < -0.3 is 0 Å². The lowest BCUT2D eigenvalue weighted by Gasteiger charge is -2.34. The van der Waals surface area contributed by atoms with Crippen LogP contribution < -0.4 is 0 Å². The van der Waals surface area contributed by atoms with Crippen molar-refractivity contribution in [1.29, 1.82) is 0 Å². The van der Waals surface area contributed by atoms with Gasteiger partial charge in [0.25, 0.3) is 10.1 Å². The first kappa shape index (κ1) is 20.1. The van der Waals surface area contributed by atoms with Gasteiger partial charge in [0, 0.05) is 12.6 Å². The zero-order valence-corrected chi connectivity index (χ0v) is 14.7. The second-order valence-electron chi connectivity index (χ2n) is 5.87. The summed E-state index contributed by atoms with van der Waals surface area (Å²) >= 11 is 0. The van der Waals surface area contributed by atoms with E-state index in [2.05, 4.69) is 0 Å². The van der Waals surface area contributed by atoms with Gasteiger partial charge in [0.2, 0.25) is 10.0 Å². The molecule has 11 heteroatoms. The first-order valence-electron chi connectivity index (χ1n) is 7.55. The van der Waals surface area contributed by atoms with Gasteiger partial charge in [-0.3, -0.25) is 4.55 Å². The van der Waals surface area contributed by atoms with Crippen molar-refractivity contribution in [1.82, 2.24) is 4.31 Å². The molecule has 25 heavy (non-hydrogen) atoms. The van der Waals surface area contributed by atoms with Gasteiger partial charge in [-0.05, 0) is 37.5 Å². The van der Waals surface area contributed by atoms with Crippen LogP contribution in [-0.4, -0.2) is 44.0 Å². The lowest BCUT2D eigenvalue weighted by molar-refractivity contribution is -0.137. The number of halogens is 3. The highest BCUT2D eigenvalue weighted by atomic mass is 32.2. The number of sulfonamides is 1. The van der Waals surface area contributed by atoms with Crippen molar-refractivity contribution in [3.63, 3.8) is 0 Å². The fraction of sp³-hybridized carbons (Fsp3) is 0.571. The van der Waals surface area contributed by atoms with E-state index in [1.165, 1.54) is 0 Å². The fourth-order valence-corrected chi connectivity index (χ4v) is 5.17. The average Bonchev–Trinajstić information content (AvgIpc) is 2.52. The summed E-state index contributed by atoms with van der Waals surface area (Å²) in [6.07, 6.45) is -3.20. The maximum Gasteiger partial charge on any atom is 0.416 e. The Morgan fingerprint density at radius 3 is 2.44 bits per heavy atom. The molecule has 1 aromatic rings. The summed E-state index contributed by atoms with van der Waals surface area (Å²) in [5.41, 5.74) is -1.07. The zero-order chi connectivity index (χ0) is 18.9. The monoisotopic (exact) mass is 401 g/mol. The normalized spacial score (nSPS) is 20.6. The van der Waals surface area contributed by atoms with Gasteiger partial charge in [-0.25, -0.2) is 8.42 Å². The molecule has 0 bridgehead atoms. The van der Waals surface area contributed by atoms with Crippen LogP contribution in [0, 0.1) is 0 Å². The van der Waals surface area contributed by atoms with Crippen LogP contribution >= 0.6 is 0 Å². The van der Waals surface area contributed by atoms with E-state index >= 15 is 0 Å². The molecule has 0 aliphatic carbocycles. The molecule has 0 aromatic heterocycles. The Morgan fingerprint density at radius 2 is 1.84 bits per heavy atom. The van der Waals surface area contributed by atoms with E-state index in [0.29, 0.717) is 25.3 Å². The first-order chi connectivity index (χ1) is 11.4. The number of nitrogens with zero attached hydrogens (tertiary/aromatic N) is 1. The Labute approximate surface area is 144 Å². The minimum absolute atomic E-state index is 0.0920. The SMILES string of the molecule is O=S(=O)(O)CCC1CCCCN1S(=O)(=O)c1cccc(C(F)(F)F)c1. The quantitative estimate of drug-likeness (QED) is 0.766. The molecule has 1 N–H and O–H groups in total. The average molecular weight is 401 g/mol. The summed E-state index contributed by atoms with van der Waals surface area (Å²) < 4.78 is 95.7. The molecule has 1 aliphatic heterocycles. The topological polar surface area (TPSA) is 91.8 Å². The number of benzene rings is 1. The van der Waals surface area contributed by atoms with E-state index in [9.17, 15) is 30.0 Å². The van der Waals surface area contributed by atoms with Crippen molar-refractivity contribution in [3.8, 4) is 0 Å². The van der Waals surface area contributed by atoms with E-state index in [-0.39, 0.29) is 13.0 Å². The summed E-state index contributed by atoms with van der Waals surface area (Å²) in [6.45, 7) is 0.0920. The number of hydrogen-bond acceptors (Lipinski definition) is 4. The standard InChI is InChI=1S/C14H18F3NO5S2/c15-14(16,17)11-4-3-6-13(10-11)25(22,23)18-8-2-1-5-12(18)7-9-24(19,20)21/h3-4,6,10,12H,1-2,5,7-9H2,(H,19,20,21). The predicted octanol–water partition coefficient (Wildman–Crippen LogP) is 2.53. The van der Waals surface area contributed by atoms with E-state index in [1.54, 1.807) is 0 Å². The van der Waals surface area contributed by atoms with Crippen molar-refractivity contribution in [2.45, 2.75) is 42.8 Å². The van der Waals surface area contributed by atoms with Crippen molar-refractivity contribution < 1.29 is 34.6 Å². The minimum atomic E-state index is -4.67. The van der Waals surface area contributed by atoms with Crippen LogP contribution in [0.25, 0.3) is 0 Å². The van der Waals surface area contributed by atoms with Crippen LogP contribution in [0.1, 0.15) is 31.2 Å². The summed E-state index contributed by atoms with van der Waals surface area (Å²) in [7, 11) is -8.46. The zero-order valence-electron chi connectivity index (χ0n) is 13.1. The van der Waals surface area contributed by atoms with Crippen LogP contribution in [0.5, 0.6) is 0 Å². The molecule has 0 radical (unpaired) electrons. The molecule has 1 heterocycles. The van der Waals surface area contributed by atoms with Crippen molar-refractivity contribution >= 4 is 20.1 Å². The molecule has 1 aliphatic rings. The van der Waals surface area contributed by atoms with Crippen LogP contribution in [0.15, 0.2) is 29.2 Å². The molecular weight excluding hydrogens is 383 g/mol. The fourth-order valence-electron chi connectivity index (χ4n) is 2.83. The molecule has 142 valence electrons. The molecule has 0 amide bonds. The Kier molecular flexibility index (Phi) is 5.81. The highest BCUT2D eigenvalue weighted by Crippen LogP contribution is 2.33. The van der Waals surface area contributed by atoms with Gasteiger partial charge in [0.05, 0.1) is 16.2 Å². The molecule has 1 aromatic carbocycles. The number of hydrogen-bond donors (Lipinski definition) is 1. The molecular formula is C14H18F3NO5S2. The molecule has 0 saturated carbocycles. The van der Waals surface area contributed by atoms with E-state index in [4.69, 9.17) is 4.55 Å². The van der Waals surface area contributed by atoms with Gasteiger partial charge in [-0.15, -0.1) is 0 Å². The summed E-state index contributed by atoms with van der Waals surface area (Å²) in [5.74, 6) is -0.605. The Morgan fingerprint density at radius 1 is 1.16 bits per heavy atom. The lowest BCUT2D eigenvalue weighted by Crippen LogP contribution is -2.44. The molecule has 0 spiro atoms. The Balaban J connectivity index is 2.32. The van der Waals surface area contributed by atoms with Gasteiger partial charge in [-0.1, -0.05) is 12.5 Å². The van der Waals surface area contributed by atoms with Crippen LogP contribution in [0.3, 0.4) is 0 Å². The van der Waals surface area contributed by atoms with Crippen LogP contribution in [-0.2, 0) is 26.3 Å². The van der Waals surface area contributed by atoms with Crippen LogP contribution in [0.4, 0.5) is 13.2 Å². The van der Waals surface area contributed by atoms with Crippen molar-refractivity contribution in [2.75, 3.05) is 12.3 Å². The maximum absolute atomic E-state index is 12.8. The van der Waals surface area contributed by atoms with Crippen molar-refractivity contribution in [2.24, 2.45) is 0 Å². The van der Waals surface area contributed by atoms with E-state index < -0.39 is 48.6 Å². The molecule has 1 unspecified atom stereocenters. The predicted molar refractivity (Wildman–Crippen MR) is 84.0 cm³/mol. The highest BCUT2D eigenvalue weighted by molar-refractivity contribution is 7.89. The van der Waals surface area contributed by atoms with Crippen molar-refractivity contribution in [3.05, 3.63) is 29.8 Å². The third-order valence-corrected chi connectivity index (χ3v) is 6.75. The third-order valence-electron chi connectivity index (χ3n) is 4.05. The van der Waals surface area contributed by atoms with Gasteiger partial charge >= 0.3 is 6.18 Å². The molecule has 6 nitrogen and oxygen atoms in total. The first-order valence-corrected chi connectivity index (χ1v) is 10.6. The second-order valence-corrected chi connectivity index (χ2v) is 9.33. The van der Waals surface area contributed by atoms with Crippen LogP contribution in [0.2, 0.25) is 0 Å². The summed E-state index contributed by atoms with van der Waals surface area (Å²) in [6, 6.07) is 2.77. The number of piperidine rings is 1. The van der Waals surface area contributed by atoms with E-state index in [0.717, 1.165) is 22.5 Å². The number of alkyl halides is 3. The largest absolute Gasteiger partial charge is 0.416 e. The van der Waals surface area contributed by atoms with Gasteiger partial charge in [0.1, 0.15) is 0 Å². The molecule has 2 rings (SSSR count). The molecule has 1 fully saturated rings. The second kappa shape index (κ2) is 7.22. The summed E-state index contributed by atoms with van der Waals surface area (Å²) in [5, 5.41) is 0. The Hall–Kier alpha value is -1.17. The summed E-state index contributed by atoms with van der Waals surface area (Å²) in [4.78, 5) is -0.485. The smallest absolute Gasteiger partial charge is 0.286 e. The maximum atomic E-state index is 12.8. The van der Waals surface area contributed by atoms with E-state index in [1.807, 2.05) is 0 Å². The van der Waals surface area contributed by atoms with Gasteiger partial charge in [0.15, 0.2) is 0 Å². The number of rotatable bonds is 5. The molecule has 1 saturated heterocycles. The lowest BCUT2D eigenvalue weighted by atomic mass is 10.0. The Bertz CT molecular complexity index is 821.